The van der Waals surface area contributed by atoms with Crippen molar-refractivity contribution in [3.05, 3.63) is 11.6 Å². The van der Waals surface area contributed by atoms with Crippen LogP contribution in [-0.4, -0.2) is 30.8 Å². The minimum atomic E-state index is 0.181. The maximum Gasteiger partial charge on any atom is 0.171 e. The van der Waals surface area contributed by atoms with Gasteiger partial charge >= 0.3 is 0 Å². The van der Waals surface area contributed by atoms with Crippen molar-refractivity contribution < 1.29 is 4.79 Å². The molecule has 1 rings (SSSR count). The largest absolute Gasteiger partial charge is 0.302 e. The molecule has 0 N–H and O–H groups in total. The smallest absolute Gasteiger partial charge is 0.171 e. The van der Waals surface area contributed by atoms with Gasteiger partial charge in [0.15, 0.2) is 5.78 Å². The first-order chi connectivity index (χ1) is 6.24. The Morgan fingerprint density at radius 1 is 1.69 bits per heavy atom. The minimum absolute atomic E-state index is 0.181. The predicted molar refractivity (Wildman–Crippen MR) is 53.3 cm³/mol. The summed E-state index contributed by atoms with van der Waals surface area (Å²) in [5.41, 5.74) is 0.927. The van der Waals surface area contributed by atoms with Crippen LogP contribution < -0.4 is 0 Å². The predicted octanol–water partition coefficient (Wildman–Crippen LogP) is 1.23. The quantitative estimate of drug-likeness (QED) is 0.591. The highest BCUT2D eigenvalue weighted by Crippen LogP contribution is 2.09. The van der Waals surface area contributed by atoms with Crippen LogP contribution >= 0.6 is 0 Å². The van der Waals surface area contributed by atoms with Crippen molar-refractivity contribution in [1.82, 2.24) is 4.90 Å². The van der Waals surface area contributed by atoms with E-state index in [2.05, 4.69) is 16.7 Å². The highest BCUT2D eigenvalue weighted by Gasteiger charge is 2.13. The summed E-state index contributed by atoms with van der Waals surface area (Å²) in [6.07, 6.45) is 3.40. The van der Waals surface area contributed by atoms with E-state index in [1.54, 1.807) is 6.92 Å². The van der Waals surface area contributed by atoms with Crippen molar-refractivity contribution in [2.45, 2.75) is 19.8 Å². The number of carbonyl (C=O) groups excluding carboxylic acids is 1. The molecule has 0 unspecified atom stereocenters. The lowest BCUT2D eigenvalue weighted by molar-refractivity contribution is -0.115. The van der Waals surface area contributed by atoms with E-state index in [1.165, 1.54) is 0 Å². The third kappa shape index (κ3) is 3.04. The fraction of sp³-hybridized carbons (Fsp3) is 0.545. The van der Waals surface area contributed by atoms with Crippen LogP contribution in [-0.2, 0) is 4.79 Å². The lowest BCUT2D eigenvalue weighted by atomic mass is 10.0. The molecule has 0 saturated carbocycles. The molecule has 0 spiro atoms. The molecule has 0 atom stereocenters. The van der Waals surface area contributed by atoms with Gasteiger partial charge in [0.2, 0.25) is 0 Å². The molecule has 0 saturated heterocycles. The van der Waals surface area contributed by atoms with Crippen LogP contribution in [0.2, 0.25) is 0 Å². The van der Waals surface area contributed by atoms with Gasteiger partial charge in [0.05, 0.1) is 6.42 Å². The monoisotopic (exact) mass is 177 g/mol. The fourth-order valence-electron chi connectivity index (χ4n) is 1.38. The van der Waals surface area contributed by atoms with Crippen LogP contribution in [0.1, 0.15) is 19.8 Å². The van der Waals surface area contributed by atoms with Crippen LogP contribution in [0.4, 0.5) is 0 Å². The summed E-state index contributed by atoms with van der Waals surface area (Å²) < 4.78 is 0. The van der Waals surface area contributed by atoms with Gasteiger partial charge in [0.25, 0.3) is 0 Å². The van der Waals surface area contributed by atoms with Crippen LogP contribution in [0.25, 0.3) is 0 Å². The van der Waals surface area contributed by atoms with Crippen molar-refractivity contribution in [3.63, 3.8) is 0 Å². The fourth-order valence-corrected chi connectivity index (χ4v) is 1.38. The van der Waals surface area contributed by atoms with Crippen molar-refractivity contribution in [1.29, 1.82) is 0 Å². The molecule has 0 aromatic rings. The van der Waals surface area contributed by atoms with Gasteiger partial charge in [-0.25, -0.2) is 0 Å². The maximum atomic E-state index is 11.5. The Balaban J connectivity index is 2.54. The summed E-state index contributed by atoms with van der Waals surface area (Å²) in [6.45, 7) is 3.59. The van der Waals surface area contributed by atoms with E-state index in [0.717, 1.165) is 25.1 Å². The molecule has 13 heavy (non-hydrogen) atoms. The molecule has 0 aromatic carbocycles. The molecule has 0 radical (unpaired) electrons. The molecule has 1 aliphatic heterocycles. The average molecular weight is 177 g/mol. The van der Waals surface area contributed by atoms with Gasteiger partial charge in [-0.3, -0.25) is 4.79 Å². The normalized spacial score (nSPS) is 17.2. The van der Waals surface area contributed by atoms with Gasteiger partial charge in [-0.05, 0) is 20.4 Å². The van der Waals surface area contributed by atoms with Crippen molar-refractivity contribution in [2.75, 3.05) is 20.1 Å². The summed E-state index contributed by atoms with van der Waals surface area (Å²) >= 11 is 0. The zero-order chi connectivity index (χ0) is 9.68. The number of ketones is 1. The van der Waals surface area contributed by atoms with E-state index >= 15 is 0 Å². The topological polar surface area (TPSA) is 20.3 Å². The van der Waals surface area contributed by atoms with Crippen LogP contribution in [0, 0.1) is 11.8 Å². The van der Waals surface area contributed by atoms with E-state index in [4.69, 9.17) is 0 Å². The number of hydrogen-bond donors (Lipinski definition) is 0. The third-order valence-corrected chi connectivity index (χ3v) is 2.13. The third-order valence-electron chi connectivity index (χ3n) is 2.13. The summed E-state index contributed by atoms with van der Waals surface area (Å²) in [5.74, 6) is 5.72. The Labute approximate surface area is 79.6 Å². The first-order valence-electron chi connectivity index (χ1n) is 4.54. The molecule has 1 heterocycles. The minimum Gasteiger partial charge on any atom is -0.302 e. The Morgan fingerprint density at radius 2 is 2.46 bits per heavy atom. The number of rotatable bonds is 2. The first kappa shape index (κ1) is 10.0. The van der Waals surface area contributed by atoms with Gasteiger partial charge in [0, 0.05) is 18.7 Å². The van der Waals surface area contributed by atoms with Gasteiger partial charge in [-0.2, -0.15) is 0 Å². The molecule has 0 aromatic heterocycles. The van der Waals surface area contributed by atoms with E-state index in [-0.39, 0.29) is 5.78 Å². The number of nitrogens with zero attached hydrogens (tertiary/aromatic N) is 1. The zero-order valence-electron chi connectivity index (χ0n) is 8.26. The van der Waals surface area contributed by atoms with E-state index in [9.17, 15) is 4.79 Å². The Morgan fingerprint density at radius 3 is 3.08 bits per heavy atom. The zero-order valence-corrected chi connectivity index (χ0v) is 8.26. The van der Waals surface area contributed by atoms with Gasteiger partial charge in [-0.1, -0.05) is 12.0 Å². The van der Waals surface area contributed by atoms with Gasteiger partial charge < -0.3 is 4.90 Å². The molecule has 0 bridgehead atoms. The SMILES string of the molecule is CC#CCC(=O)C1=CCCN(C)C1. The summed E-state index contributed by atoms with van der Waals surface area (Å²) in [4.78, 5) is 13.7. The van der Waals surface area contributed by atoms with Crippen LogP contribution in [0.15, 0.2) is 11.6 Å². The molecule has 70 valence electrons. The summed E-state index contributed by atoms with van der Waals surface area (Å²) in [5, 5.41) is 0. The highest BCUT2D eigenvalue weighted by molar-refractivity contribution is 5.97. The van der Waals surface area contributed by atoms with Crippen LogP contribution in [0.5, 0.6) is 0 Å². The number of carbonyl (C=O) groups is 1. The number of likely N-dealkylation sites (N-methyl/N-ethyl adjacent to an activating group) is 1. The first-order valence-corrected chi connectivity index (χ1v) is 4.54. The molecule has 0 aliphatic carbocycles. The Kier molecular flexibility index (Phi) is 3.72. The maximum absolute atomic E-state index is 11.5. The molecular weight excluding hydrogens is 162 g/mol. The summed E-state index contributed by atoms with van der Waals surface area (Å²) in [6, 6.07) is 0. The molecule has 0 amide bonds. The molecule has 0 fully saturated rings. The van der Waals surface area contributed by atoms with Crippen molar-refractivity contribution in [3.8, 4) is 11.8 Å². The molecule has 2 nitrogen and oxygen atoms in total. The molecular formula is C11H15NO. The second-order valence-corrected chi connectivity index (χ2v) is 3.28. The average Bonchev–Trinajstić information content (AvgIpc) is 2.14. The lowest BCUT2D eigenvalue weighted by Gasteiger charge is -2.21. The number of hydrogen-bond acceptors (Lipinski definition) is 2. The highest BCUT2D eigenvalue weighted by atomic mass is 16.1. The molecule has 1 aliphatic rings. The molecule has 2 heteroatoms. The standard InChI is InChI=1S/C11H15NO/c1-3-4-7-11(13)10-6-5-8-12(2)9-10/h6H,5,7-9H2,1-2H3. The Hall–Kier alpha value is -1.07. The van der Waals surface area contributed by atoms with Crippen molar-refractivity contribution >= 4 is 5.78 Å². The van der Waals surface area contributed by atoms with Gasteiger partial charge in [-0.15, -0.1) is 5.92 Å². The second kappa shape index (κ2) is 4.84. The van der Waals surface area contributed by atoms with E-state index < -0.39 is 0 Å². The van der Waals surface area contributed by atoms with Crippen molar-refractivity contribution in [2.24, 2.45) is 0 Å². The van der Waals surface area contributed by atoms with Crippen LogP contribution in [0.3, 0.4) is 0 Å². The number of Topliss-reactive ketones (excluding diaryl/α,β-unsaturated/α-hetero) is 1. The van der Waals surface area contributed by atoms with E-state index in [0.29, 0.717) is 6.42 Å². The summed E-state index contributed by atoms with van der Waals surface area (Å²) in [7, 11) is 2.03. The lowest BCUT2D eigenvalue weighted by Crippen LogP contribution is -2.28. The Bertz CT molecular complexity index is 280. The van der Waals surface area contributed by atoms with Gasteiger partial charge in [0.1, 0.15) is 0 Å². The van der Waals surface area contributed by atoms with E-state index in [1.807, 2.05) is 13.1 Å². The second-order valence-electron chi connectivity index (χ2n) is 3.28.